The number of benzene rings is 2. The van der Waals surface area contributed by atoms with Gasteiger partial charge in [-0.25, -0.2) is 8.42 Å². The summed E-state index contributed by atoms with van der Waals surface area (Å²) in [5.74, 6) is -0.303. The van der Waals surface area contributed by atoms with Gasteiger partial charge in [0.05, 0.1) is 0 Å². The quantitative estimate of drug-likeness (QED) is 0.641. The molecule has 2 N–H and O–H groups in total. The average molecular weight is 407 g/mol. The van der Waals surface area contributed by atoms with Gasteiger partial charge in [-0.1, -0.05) is 23.7 Å². The molecule has 0 aliphatic carbocycles. The summed E-state index contributed by atoms with van der Waals surface area (Å²) in [5, 5.41) is 5.06. The summed E-state index contributed by atoms with van der Waals surface area (Å²) >= 11 is 7.19. The van der Waals surface area contributed by atoms with Crippen molar-refractivity contribution in [3.05, 3.63) is 76.1 Å². The standard InChI is InChI=1S/C18H15ClN2O3S2/c1-12-15(19)4-2-5-16(12)20-18(22)13-7-9-14(10-8-13)21-26(23,24)17-6-3-11-25-17/h2-11,21H,1H3,(H,20,22). The summed E-state index contributed by atoms with van der Waals surface area (Å²) in [6, 6.07) is 14.7. The van der Waals surface area contributed by atoms with Gasteiger partial charge in [-0.3, -0.25) is 9.52 Å². The number of anilines is 2. The minimum Gasteiger partial charge on any atom is -0.322 e. The summed E-state index contributed by atoms with van der Waals surface area (Å²) in [5.41, 5.74) is 2.20. The number of amides is 1. The van der Waals surface area contributed by atoms with Crippen molar-refractivity contribution in [1.29, 1.82) is 0 Å². The van der Waals surface area contributed by atoms with Crippen molar-refractivity contribution in [2.75, 3.05) is 10.0 Å². The minimum atomic E-state index is -3.61. The number of carbonyl (C=O) groups is 1. The summed E-state index contributed by atoms with van der Waals surface area (Å²) in [6.45, 7) is 1.82. The Hall–Kier alpha value is -2.35. The third kappa shape index (κ3) is 4.07. The fraction of sp³-hybridized carbons (Fsp3) is 0.0556. The van der Waals surface area contributed by atoms with Gasteiger partial charge >= 0.3 is 0 Å². The average Bonchev–Trinajstić information content (AvgIpc) is 3.15. The van der Waals surface area contributed by atoms with Crippen LogP contribution >= 0.6 is 22.9 Å². The zero-order valence-electron chi connectivity index (χ0n) is 13.7. The smallest absolute Gasteiger partial charge is 0.271 e. The Morgan fingerprint density at radius 2 is 1.77 bits per heavy atom. The first kappa shape index (κ1) is 18.4. The third-order valence-electron chi connectivity index (χ3n) is 3.68. The summed E-state index contributed by atoms with van der Waals surface area (Å²) < 4.78 is 27.1. The molecule has 0 saturated carbocycles. The lowest BCUT2D eigenvalue weighted by Crippen LogP contribution is -2.14. The Balaban J connectivity index is 1.73. The van der Waals surface area contributed by atoms with E-state index in [1.807, 2.05) is 6.92 Å². The Morgan fingerprint density at radius 3 is 2.42 bits per heavy atom. The van der Waals surface area contributed by atoms with Gasteiger partial charge in [-0.05, 0) is 60.3 Å². The molecule has 1 aromatic heterocycles. The second-order valence-electron chi connectivity index (χ2n) is 5.48. The van der Waals surface area contributed by atoms with Crippen molar-refractivity contribution in [1.82, 2.24) is 0 Å². The number of rotatable bonds is 5. The zero-order valence-corrected chi connectivity index (χ0v) is 16.1. The molecule has 1 amide bonds. The van der Waals surface area contributed by atoms with Gasteiger partial charge in [0.2, 0.25) is 0 Å². The van der Waals surface area contributed by atoms with Crippen molar-refractivity contribution >= 4 is 50.2 Å². The van der Waals surface area contributed by atoms with Gasteiger partial charge in [0, 0.05) is 22.0 Å². The second-order valence-corrected chi connectivity index (χ2v) is 8.75. The van der Waals surface area contributed by atoms with Gasteiger partial charge in [0.15, 0.2) is 0 Å². The van der Waals surface area contributed by atoms with Crippen LogP contribution in [0.1, 0.15) is 15.9 Å². The second kappa shape index (κ2) is 7.49. The molecule has 8 heteroatoms. The number of thiophene rings is 1. The molecule has 0 atom stereocenters. The van der Waals surface area contributed by atoms with Crippen LogP contribution in [-0.4, -0.2) is 14.3 Å². The van der Waals surface area contributed by atoms with Crippen molar-refractivity contribution in [3.8, 4) is 0 Å². The molecule has 134 valence electrons. The first-order valence-electron chi connectivity index (χ1n) is 7.60. The molecule has 0 fully saturated rings. The van der Waals surface area contributed by atoms with Crippen LogP contribution in [-0.2, 0) is 10.0 Å². The van der Waals surface area contributed by atoms with E-state index < -0.39 is 10.0 Å². The highest BCUT2D eigenvalue weighted by Crippen LogP contribution is 2.24. The molecule has 26 heavy (non-hydrogen) atoms. The maximum Gasteiger partial charge on any atom is 0.271 e. The fourth-order valence-corrected chi connectivity index (χ4v) is 4.47. The number of nitrogens with one attached hydrogen (secondary N) is 2. The maximum atomic E-state index is 12.4. The topological polar surface area (TPSA) is 75.3 Å². The minimum absolute atomic E-state index is 0.232. The SMILES string of the molecule is Cc1c(Cl)cccc1NC(=O)c1ccc(NS(=O)(=O)c2cccs2)cc1. The number of hydrogen-bond donors (Lipinski definition) is 2. The molecular weight excluding hydrogens is 392 g/mol. The number of halogens is 1. The summed E-state index contributed by atoms with van der Waals surface area (Å²) in [4.78, 5) is 12.4. The lowest BCUT2D eigenvalue weighted by Gasteiger charge is -2.10. The first-order chi connectivity index (χ1) is 12.4. The Bertz CT molecular complexity index is 1030. The Labute approximate surface area is 160 Å². The van der Waals surface area contributed by atoms with Crippen LogP contribution in [0, 0.1) is 6.92 Å². The third-order valence-corrected chi connectivity index (χ3v) is 6.86. The van der Waals surface area contributed by atoms with Crippen molar-refractivity contribution < 1.29 is 13.2 Å². The van der Waals surface area contributed by atoms with Crippen LogP contribution in [0.2, 0.25) is 5.02 Å². The van der Waals surface area contributed by atoms with E-state index in [9.17, 15) is 13.2 Å². The van der Waals surface area contributed by atoms with Gasteiger partial charge in [0.1, 0.15) is 4.21 Å². The van der Waals surface area contributed by atoms with Crippen molar-refractivity contribution in [3.63, 3.8) is 0 Å². The normalized spacial score (nSPS) is 11.2. The molecule has 0 unspecified atom stereocenters. The van der Waals surface area contributed by atoms with Crippen LogP contribution in [0.5, 0.6) is 0 Å². The van der Waals surface area contributed by atoms with Gasteiger partial charge in [0.25, 0.3) is 15.9 Å². The van der Waals surface area contributed by atoms with Crippen LogP contribution in [0.3, 0.4) is 0 Å². The van der Waals surface area contributed by atoms with Crippen LogP contribution in [0.15, 0.2) is 64.2 Å². The van der Waals surface area contributed by atoms with E-state index in [4.69, 9.17) is 11.6 Å². The first-order valence-corrected chi connectivity index (χ1v) is 10.3. The Kier molecular flexibility index (Phi) is 5.31. The molecule has 5 nitrogen and oxygen atoms in total. The van der Waals surface area contributed by atoms with Gasteiger partial charge < -0.3 is 5.32 Å². The molecule has 1 heterocycles. The molecule has 0 aliphatic heterocycles. The maximum absolute atomic E-state index is 12.4. The Morgan fingerprint density at radius 1 is 1.04 bits per heavy atom. The highest BCUT2D eigenvalue weighted by atomic mass is 35.5. The van der Waals surface area contributed by atoms with E-state index >= 15 is 0 Å². The molecule has 2 aromatic carbocycles. The van der Waals surface area contributed by atoms with E-state index in [1.54, 1.807) is 53.9 Å². The molecule has 0 spiro atoms. The molecule has 3 aromatic rings. The largest absolute Gasteiger partial charge is 0.322 e. The number of sulfonamides is 1. The fourth-order valence-electron chi connectivity index (χ4n) is 2.25. The van der Waals surface area contributed by atoms with Gasteiger partial charge in [-0.15, -0.1) is 11.3 Å². The molecule has 0 radical (unpaired) electrons. The van der Waals surface area contributed by atoms with E-state index in [2.05, 4.69) is 10.0 Å². The van der Waals surface area contributed by atoms with Crippen molar-refractivity contribution in [2.24, 2.45) is 0 Å². The predicted molar refractivity (Wildman–Crippen MR) is 106 cm³/mol. The lowest BCUT2D eigenvalue weighted by atomic mass is 10.1. The van der Waals surface area contributed by atoms with E-state index in [-0.39, 0.29) is 10.1 Å². The zero-order chi connectivity index (χ0) is 18.7. The monoisotopic (exact) mass is 406 g/mol. The van der Waals surface area contributed by atoms with Crippen molar-refractivity contribution in [2.45, 2.75) is 11.1 Å². The molecule has 0 bridgehead atoms. The summed E-state index contributed by atoms with van der Waals surface area (Å²) in [6.07, 6.45) is 0. The van der Waals surface area contributed by atoms with E-state index in [0.29, 0.717) is 22.0 Å². The van der Waals surface area contributed by atoms with Crippen LogP contribution in [0.4, 0.5) is 11.4 Å². The van der Waals surface area contributed by atoms with Crippen LogP contribution in [0.25, 0.3) is 0 Å². The molecular formula is C18H15ClN2O3S2. The van der Waals surface area contributed by atoms with Gasteiger partial charge in [-0.2, -0.15) is 0 Å². The summed E-state index contributed by atoms with van der Waals surface area (Å²) in [7, 11) is -3.61. The predicted octanol–water partition coefficient (Wildman–Crippen LogP) is 4.76. The number of carbonyl (C=O) groups excluding carboxylic acids is 1. The highest BCUT2D eigenvalue weighted by molar-refractivity contribution is 7.94. The highest BCUT2D eigenvalue weighted by Gasteiger charge is 2.15. The molecule has 0 saturated heterocycles. The van der Waals surface area contributed by atoms with E-state index in [1.165, 1.54) is 6.07 Å². The number of hydrogen-bond acceptors (Lipinski definition) is 4. The van der Waals surface area contributed by atoms with Crippen LogP contribution < -0.4 is 10.0 Å². The molecule has 0 aliphatic rings. The molecule has 3 rings (SSSR count). The lowest BCUT2D eigenvalue weighted by molar-refractivity contribution is 0.102. The van der Waals surface area contributed by atoms with E-state index in [0.717, 1.165) is 16.9 Å².